The summed E-state index contributed by atoms with van der Waals surface area (Å²) >= 11 is 5.90. The molecule has 0 bridgehead atoms. The van der Waals surface area contributed by atoms with Gasteiger partial charge in [0.15, 0.2) is 17.3 Å². The van der Waals surface area contributed by atoms with Crippen LogP contribution in [0.4, 0.5) is 15.9 Å². The number of rotatable bonds is 9. The fourth-order valence-corrected chi connectivity index (χ4v) is 3.31. The summed E-state index contributed by atoms with van der Waals surface area (Å²) < 4.78 is 36.7. The average molecular weight is 448 g/mol. The van der Waals surface area contributed by atoms with Crippen molar-refractivity contribution in [3.05, 3.63) is 47.5 Å². The molecule has 164 valence electrons. The van der Waals surface area contributed by atoms with Crippen molar-refractivity contribution >= 4 is 34.0 Å². The van der Waals surface area contributed by atoms with Gasteiger partial charge >= 0.3 is 0 Å². The number of ether oxygens (including phenoxy) is 4. The Balaban J connectivity index is 1.69. The third-order valence-corrected chi connectivity index (χ3v) is 5.22. The van der Waals surface area contributed by atoms with E-state index in [2.05, 4.69) is 22.2 Å². The fourth-order valence-electron chi connectivity index (χ4n) is 3.14. The van der Waals surface area contributed by atoms with Crippen LogP contribution in [0.5, 0.6) is 11.5 Å². The molecular weight excluding hydrogens is 425 g/mol. The molecule has 2 aromatic carbocycles. The number of fused-ring (bicyclic) bond motifs is 1. The Morgan fingerprint density at radius 3 is 2.71 bits per heavy atom. The number of halogens is 2. The maximum atomic E-state index is 14.4. The molecule has 3 aromatic rings. The van der Waals surface area contributed by atoms with Crippen LogP contribution in [0, 0.1) is 11.2 Å². The molecule has 1 fully saturated rings. The van der Waals surface area contributed by atoms with Gasteiger partial charge in [0, 0.05) is 24.0 Å². The SMILES string of the molecule is COCCOc1cc2ncnc(Nc3cccc(Cl)c3F)c2cc1OCC1(C)COC1. The lowest BCUT2D eigenvalue weighted by atomic mass is 9.90. The van der Waals surface area contributed by atoms with Crippen molar-refractivity contribution in [3.63, 3.8) is 0 Å². The summed E-state index contributed by atoms with van der Waals surface area (Å²) in [7, 11) is 1.61. The Morgan fingerprint density at radius 1 is 1.16 bits per heavy atom. The standard InChI is InChI=1S/C22H23ClFN3O4/c1-22(10-29-11-22)12-31-18-8-14-17(9-19(18)30-7-6-28-2)25-13-26-21(14)27-16-5-3-4-15(23)20(16)24/h3-5,8-9,13H,6-7,10-12H2,1-2H3,(H,25,26,27). The van der Waals surface area contributed by atoms with Crippen LogP contribution >= 0.6 is 11.6 Å². The van der Waals surface area contributed by atoms with E-state index < -0.39 is 5.82 Å². The van der Waals surface area contributed by atoms with E-state index in [0.717, 1.165) is 0 Å². The van der Waals surface area contributed by atoms with Crippen LogP contribution in [-0.4, -0.2) is 50.1 Å². The van der Waals surface area contributed by atoms with Crippen LogP contribution in [0.3, 0.4) is 0 Å². The van der Waals surface area contributed by atoms with Gasteiger partial charge in [0.2, 0.25) is 0 Å². The van der Waals surface area contributed by atoms with Crippen molar-refractivity contribution in [2.75, 3.05) is 45.5 Å². The number of aromatic nitrogens is 2. The highest BCUT2D eigenvalue weighted by Gasteiger charge is 2.34. The van der Waals surface area contributed by atoms with Crippen molar-refractivity contribution in [2.24, 2.45) is 5.41 Å². The molecule has 1 aliphatic rings. The van der Waals surface area contributed by atoms with Gasteiger partial charge in [-0.1, -0.05) is 24.6 Å². The highest BCUT2D eigenvalue weighted by Crippen LogP contribution is 2.37. The van der Waals surface area contributed by atoms with Gasteiger partial charge in [0.25, 0.3) is 0 Å². The zero-order valence-corrected chi connectivity index (χ0v) is 18.0. The number of methoxy groups -OCH3 is 1. The Labute approximate surface area is 184 Å². The molecule has 0 radical (unpaired) electrons. The second-order valence-corrected chi connectivity index (χ2v) is 8.11. The molecule has 1 N–H and O–H groups in total. The van der Waals surface area contributed by atoms with Crippen molar-refractivity contribution in [3.8, 4) is 11.5 Å². The summed E-state index contributed by atoms with van der Waals surface area (Å²) in [6.45, 7) is 4.66. The summed E-state index contributed by atoms with van der Waals surface area (Å²) in [6.07, 6.45) is 1.40. The van der Waals surface area contributed by atoms with Gasteiger partial charge < -0.3 is 24.3 Å². The van der Waals surface area contributed by atoms with Crippen molar-refractivity contribution in [1.29, 1.82) is 0 Å². The van der Waals surface area contributed by atoms with Gasteiger partial charge in [-0.2, -0.15) is 0 Å². The first kappa shape index (κ1) is 21.5. The molecule has 0 amide bonds. The Bertz CT molecular complexity index is 1080. The van der Waals surface area contributed by atoms with E-state index in [-0.39, 0.29) is 16.1 Å². The topological polar surface area (TPSA) is 74.7 Å². The minimum absolute atomic E-state index is 0.0252. The predicted octanol–water partition coefficient (Wildman–Crippen LogP) is 4.61. The summed E-state index contributed by atoms with van der Waals surface area (Å²) in [5.74, 6) is 0.968. The number of hydrogen-bond donors (Lipinski definition) is 1. The van der Waals surface area contributed by atoms with E-state index in [1.165, 1.54) is 12.4 Å². The fraction of sp³-hybridized carbons (Fsp3) is 0.364. The van der Waals surface area contributed by atoms with Gasteiger partial charge in [-0.25, -0.2) is 14.4 Å². The minimum atomic E-state index is -0.551. The van der Waals surface area contributed by atoms with Gasteiger partial charge in [-0.3, -0.25) is 0 Å². The van der Waals surface area contributed by atoms with Gasteiger partial charge in [0.05, 0.1) is 42.7 Å². The molecule has 0 atom stereocenters. The first-order valence-corrected chi connectivity index (χ1v) is 10.2. The molecule has 7 nitrogen and oxygen atoms in total. The molecule has 4 rings (SSSR count). The maximum absolute atomic E-state index is 14.4. The highest BCUT2D eigenvalue weighted by molar-refractivity contribution is 6.31. The van der Waals surface area contributed by atoms with E-state index in [9.17, 15) is 4.39 Å². The monoisotopic (exact) mass is 447 g/mol. The van der Waals surface area contributed by atoms with E-state index in [1.807, 2.05) is 0 Å². The largest absolute Gasteiger partial charge is 0.489 e. The summed E-state index contributed by atoms with van der Waals surface area (Å²) in [5, 5.41) is 3.69. The van der Waals surface area contributed by atoms with E-state index >= 15 is 0 Å². The number of benzene rings is 2. The number of anilines is 2. The van der Waals surface area contributed by atoms with E-state index in [4.69, 9.17) is 30.5 Å². The van der Waals surface area contributed by atoms with Gasteiger partial charge in [-0.05, 0) is 18.2 Å². The maximum Gasteiger partial charge on any atom is 0.165 e. The molecule has 1 aromatic heterocycles. The van der Waals surface area contributed by atoms with E-state index in [1.54, 1.807) is 31.4 Å². The lowest BCUT2D eigenvalue weighted by Gasteiger charge is -2.37. The normalized spacial score (nSPS) is 14.8. The van der Waals surface area contributed by atoms with Gasteiger partial charge in [-0.15, -0.1) is 0 Å². The summed E-state index contributed by atoms with van der Waals surface area (Å²) in [6, 6.07) is 8.31. The third-order valence-electron chi connectivity index (χ3n) is 4.93. The first-order valence-electron chi connectivity index (χ1n) is 9.81. The summed E-state index contributed by atoms with van der Waals surface area (Å²) in [5.41, 5.74) is 0.795. The number of nitrogens with zero attached hydrogens (tertiary/aromatic N) is 2. The van der Waals surface area contributed by atoms with Crippen LogP contribution in [0.15, 0.2) is 36.7 Å². The zero-order chi connectivity index (χ0) is 21.8. The molecule has 9 heteroatoms. The van der Waals surface area contributed by atoms with Crippen molar-refractivity contribution in [1.82, 2.24) is 9.97 Å². The van der Waals surface area contributed by atoms with Crippen LogP contribution < -0.4 is 14.8 Å². The molecule has 31 heavy (non-hydrogen) atoms. The highest BCUT2D eigenvalue weighted by atomic mass is 35.5. The molecule has 2 heterocycles. The van der Waals surface area contributed by atoms with Crippen LogP contribution in [0.25, 0.3) is 10.9 Å². The Hall–Kier alpha value is -2.68. The van der Waals surface area contributed by atoms with Crippen molar-refractivity contribution in [2.45, 2.75) is 6.92 Å². The summed E-state index contributed by atoms with van der Waals surface area (Å²) in [4.78, 5) is 8.62. The minimum Gasteiger partial charge on any atom is -0.489 e. The number of hydrogen-bond acceptors (Lipinski definition) is 7. The molecule has 0 aliphatic carbocycles. The quantitative estimate of drug-likeness (QED) is 0.480. The molecule has 0 saturated carbocycles. The van der Waals surface area contributed by atoms with Crippen LogP contribution in [0.2, 0.25) is 5.02 Å². The van der Waals surface area contributed by atoms with Crippen LogP contribution in [0.1, 0.15) is 6.92 Å². The lowest BCUT2D eigenvalue weighted by Crippen LogP contribution is -2.44. The second-order valence-electron chi connectivity index (χ2n) is 7.70. The number of nitrogens with one attached hydrogen (secondary N) is 1. The first-order chi connectivity index (χ1) is 15.0. The Kier molecular flexibility index (Phi) is 6.41. The van der Waals surface area contributed by atoms with E-state index in [0.29, 0.717) is 61.3 Å². The smallest absolute Gasteiger partial charge is 0.165 e. The molecule has 0 spiro atoms. The third kappa shape index (κ3) is 4.81. The molecular formula is C22H23ClFN3O4. The second kappa shape index (κ2) is 9.21. The molecule has 1 saturated heterocycles. The zero-order valence-electron chi connectivity index (χ0n) is 17.3. The predicted molar refractivity (Wildman–Crippen MR) is 116 cm³/mol. The molecule has 1 aliphatic heterocycles. The Morgan fingerprint density at radius 2 is 1.97 bits per heavy atom. The van der Waals surface area contributed by atoms with Crippen molar-refractivity contribution < 1.29 is 23.3 Å². The molecule has 0 unspecified atom stereocenters. The lowest BCUT2D eigenvalue weighted by molar-refractivity contribution is -0.120. The average Bonchev–Trinajstić information content (AvgIpc) is 2.74. The van der Waals surface area contributed by atoms with Crippen LogP contribution in [-0.2, 0) is 9.47 Å². The van der Waals surface area contributed by atoms with Gasteiger partial charge in [0.1, 0.15) is 18.8 Å².